The highest BCUT2D eigenvalue weighted by atomic mass is 16.2. The van der Waals surface area contributed by atoms with Crippen LogP contribution in [-0.4, -0.2) is 11.7 Å². The maximum atomic E-state index is 12.3. The zero-order valence-electron chi connectivity index (χ0n) is 15.6. The molecule has 1 aromatic rings. The van der Waals surface area contributed by atoms with E-state index in [4.69, 9.17) is 11.1 Å². The lowest BCUT2D eigenvalue weighted by molar-refractivity contribution is -0.126. The van der Waals surface area contributed by atoms with Gasteiger partial charge in [0.15, 0.2) is 0 Å². The fourth-order valence-corrected chi connectivity index (χ4v) is 3.30. The van der Waals surface area contributed by atoms with E-state index in [9.17, 15) is 4.79 Å². The number of nitrogens with one attached hydrogen (secondary N) is 2. The van der Waals surface area contributed by atoms with Crippen LogP contribution in [0.25, 0.3) is 0 Å². The average molecular weight is 344 g/mol. The van der Waals surface area contributed by atoms with Crippen molar-refractivity contribution in [3.05, 3.63) is 35.4 Å². The molecule has 1 aromatic carbocycles. The van der Waals surface area contributed by atoms with Crippen molar-refractivity contribution in [2.75, 3.05) is 0 Å². The van der Waals surface area contributed by atoms with Gasteiger partial charge in [0.25, 0.3) is 0 Å². The molecule has 1 saturated carbocycles. The van der Waals surface area contributed by atoms with Crippen LogP contribution in [0.4, 0.5) is 0 Å². The molecule has 0 saturated heterocycles. The van der Waals surface area contributed by atoms with Crippen LogP contribution in [-0.2, 0) is 17.8 Å². The van der Waals surface area contributed by atoms with Crippen molar-refractivity contribution in [2.45, 2.75) is 77.7 Å². The van der Waals surface area contributed by atoms with Gasteiger partial charge in [-0.05, 0) is 36.8 Å². The highest BCUT2D eigenvalue weighted by Crippen LogP contribution is 2.48. The van der Waals surface area contributed by atoms with E-state index in [1.165, 1.54) is 44.1 Å². The fourth-order valence-electron chi connectivity index (χ4n) is 3.30. The number of amidine groups is 1. The minimum absolute atomic E-state index is 0.0406. The molecule has 0 unspecified atom stereocenters. The van der Waals surface area contributed by atoms with Crippen LogP contribution < -0.4 is 11.1 Å². The van der Waals surface area contributed by atoms with Crippen molar-refractivity contribution in [3.8, 4) is 0 Å². The van der Waals surface area contributed by atoms with Gasteiger partial charge >= 0.3 is 0 Å². The van der Waals surface area contributed by atoms with Gasteiger partial charge in [0.05, 0.1) is 11.3 Å². The van der Waals surface area contributed by atoms with E-state index in [2.05, 4.69) is 36.5 Å². The van der Waals surface area contributed by atoms with Gasteiger partial charge in [0, 0.05) is 13.0 Å². The number of benzene rings is 1. The average Bonchev–Trinajstić information content (AvgIpc) is 3.37. The summed E-state index contributed by atoms with van der Waals surface area (Å²) in [4.78, 5) is 12.3. The zero-order chi connectivity index (χ0) is 18.1. The molecule has 0 heterocycles. The molecule has 1 fully saturated rings. The van der Waals surface area contributed by atoms with E-state index in [-0.39, 0.29) is 11.7 Å². The lowest BCUT2D eigenvalue weighted by atomic mass is 10.0. The first-order valence-electron chi connectivity index (χ1n) is 9.75. The Morgan fingerprint density at radius 2 is 1.68 bits per heavy atom. The third-order valence-electron chi connectivity index (χ3n) is 5.16. The number of hydrogen-bond donors (Lipinski definition) is 3. The molecule has 1 amide bonds. The SMILES string of the molecule is CCCCCCCCc1ccc(CNC(=O)C2(CC(=N)N)CC2)cc1. The van der Waals surface area contributed by atoms with E-state index < -0.39 is 5.41 Å². The van der Waals surface area contributed by atoms with Crippen molar-refractivity contribution in [1.29, 1.82) is 5.41 Å². The largest absolute Gasteiger partial charge is 0.388 e. The van der Waals surface area contributed by atoms with Gasteiger partial charge < -0.3 is 11.1 Å². The zero-order valence-corrected chi connectivity index (χ0v) is 15.6. The van der Waals surface area contributed by atoms with E-state index in [1.807, 2.05) is 0 Å². The second-order valence-corrected chi connectivity index (χ2v) is 7.50. The summed E-state index contributed by atoms with van der Waals surface area (Å²) in [6.45, 7) is 2.80. The van der Waals surface area contributed by atoms with Crippen LogP contribution in [0.15, 0.2) is 24.3 Å². The second kappa shape index (κ2) is 9.59. The Morgan fingerprint density at radius 3 is 2.28 bits per heavy atom. The lowest BCUT2D eigenvalue weighted by Crippen LogP contribution is -2.34. The molecule has 0 atom stereocenters. The molecule has 0 bridgehead atoms. The summed E-state index contributed by atoms with van der Waals surface area (Å²) in [5.74, 6) is 0.144. The van der Waals surface area contributed by atoms with Crippen LogP contribution in [0.2, 0.25) is 0 Å². The Kier molecular flexibility index (Phi) is 7.48. The van der Waals surface area contributed by atoms with Crippen molar-refractivity contribution < 1.29 is 4.79 Å². The molecule has 0 aliphatic heterocycles. The molecular formula is C21H33N3O. The summed E-state index contributed by atoms with van der Waals surface area (Å²) >= 11 is 0. The monoisotopic (exact) mass is 343 g/mol. The van der Waals surface area contributed by atoms with Crippen LogP contribution in [0.5, 0.6) is 0 Å². The van der Waals surface area contributed by atoms with Crippen LogP contribution >= 0.6 is 0 Å². The first kappa shape index (κ1) is 19.5. The van der Waals surface area contributed by atoms with Crippen LogP contribution in [0.3, 0.4) is 0 Å². The number of hydrogen-bond acceptors (Lipinski definition) is 2. The van der Waals surface area contributed by atoms with Crippen molar-refractivity contribution in [1.82, 2.24) is 5.32 Å². The molecule has 1 aliphatic rings. The molecule has 25 heavy (non-hydrogen) atoms. The second-order valence-electron chi connectivity index (χ2n) is 7.50. The van der Waals surface area contributed by atoms with E-state index in [0.717, 1.165) is 24.8 Å². The molecule has 0 spiro atoms. The summed E-state index contributed by atoms with van der Waals surface area (Å²) in [5, 5.41) is 10.4. The van der Waals surface area contributed by atoms with Gasteiger partial charge in [-0.25, -0.2) is 0 Å². The van der Waals surface area contributed by atoms with Gasteiger partial charge in [-0.2, -0.15) is 0 Å². The van der Waals surface area contributed by atoms with Crippen LogP contribution in [0, 0.1) is 10.8 Å². The van der Waals surface area contributed by atoms with Crippen molar-refractivity contribution in [2.24, 2.45) is 11.1 Å². The summed E-state index contributed by atoms with van der Waals surface area (Å²) in [7, 11) is 0. The summed E-state index contributed by atoms with van der Waals surface area (Å²) in [5.41, 5.74) is 7.56. The maximum absolute atomic E-state index is 12.3. The van der Waals surface area contributed by atoms with Gasteiger partial charge in [0.1, 0.15) is 0 Å². The summed E-state index contributed by atoms with van der Waals surface area (Å²) < 4.78 is 0. The van der Waals surface area contributed by atoms with E-state index >= 15 is 0 Å². The Labute approximate surface area is 152 Å². The molecule has 0 radical (unpaired) electrons. The molecule has 0 aromatic heterocycles. The van der Waals surface area contributed by atoms with Gasteiger partial charge in [-0.1, -0.05) is 63.3 Å². The standard InChI is InChI=1S/C21H33N3O/c1-2-3-4-5-6-7-8-17-9-11-18(12-10-17)16-24-20(25)21(13-14-21)15-19(22)23/h9-12H,2-8,13-16H2,1H3,(H3,22,23)(H,24,25). The summed E-state index contributed by atoms with van der Waals surface area (Å²) in [6.07, 6.45) is 11.1. The Bertz CT molecular complexity index is 561. The number of nitrogens with two attached hydrogens (primary N) is 1. The molecule has 138 valence electrons. The first-order chi connectivity index (χ1) is 12.1. The summed E-state index contributed by atoms with van der Waals surface area (Å²) in [6, 6.07) is 8.57. The Morgan fingerprint density at radius 1 is 1.08 bits per heavy atom. The third kappa shape index (κ3) is 6.52. The van der Waals surface area contributed by atoms with Crippen LogP contribution in [0.1, 0.15) is 75.8 Å². The minimum atomic E-state index is -0.399. The lowest BCUT2D eigenvalue weighted by Gasteiger charge is -2.14. The number of unbranched alkanes of at least 4 members (excludes halogenated alkanes) is 5. The Hall–Kier alpha value is -1.84. The predicted molar refractivity (Wildman–Crippen MR) is 104 cm³/mol. The van der Waals surface area contributed by atoms with E-state index in [0.29, 0.717) is 13.0 Å². The number of rotatable bonds is 12. The predicted octanol–water partition coefficient (Wildman–Crippen LogP) is 4.31. The third-order valence-corrected chi connectivity index (χ3v) is 5.16. The fraction of sp³-hybridized carbons (Fsp3) is 0.619. The number of carbonyl (C=O) groups is 1. The quantitative estimate of drug-likeness (QED) is 0.300. The van der Waals surface area contributed by atoms with Gasteiger partial charge in [0.2, 0.25) is 5.91 Å². The van der Waals surface area contributed by atoms with Crippen molar-refractivity contribution in [3.63, 3.8) is 0 Å². The molecule has 1 aliphatic carbocycles. The molecule has 4 heteroatoms. The molecule has 4 nitrogen and oxygen atoms in total. The van der Waals surface area contributed by atoms with Gasteiger partial charge in [-0.3, -0.25) is 10.2 Å². The van der Waals surface area contributed by atoms with E-state index in [1.54, 1.807) is 0 Å². The molecular weight excluding hydrogens is 310 g/mol. The number of aryl methyl sites for hydroxylation is 1. The maximum Gasteiger partial charge on any atom is 0.226 e. The normalized spacial score (nSPS) is 14.9. The first-order valence-corrected chi connectivity index (χ1v) is 9.75. The van der Waals surface area contributed by atoms with Gasteiger partial charge in [-0.15, -0.1) is 0 Å². The smallest absolute Gasteiger partial charge is 0.226 e. The van der Waals surface area contributed by atoms with Crippen molar-refractivity contribution >= 4 is 11.7 Å². The topological polar surface area (TPSA) is 79.0 Å². The number of amides is 1. The Balaban J connectivity index is 1.68. The number of carbonyl (C=O) groups excluding carboxylic acids is 1. The highest BCUT2D eigenvalue weighted by molar-refractivity contribution is 5.91. The molecule has 2 rings (SSSR count). The highest BCUT2D eigenvalue weighted by Gasteiger charge is 2.49. The minimum Gasteiger partial charge on any atom is -0.388 e. The molecule has 4 N–H and O–H groups in total.